The predicted octanol–water partition coefficient (Wildman–Crippen LogP) is 2.76. The predicted molar refractivity (Wildman–Crippen MR) is 78.5 cm³/mol. The standard InChI is InChI=1S/C14H21BrN2O/c1-3-7-17-14(18)6-8-16-10-12-5-4-11(2)13(15)9-12/h4-5,9,16H,3,6-8,10H2,1-2H3,(H,17,18). The van der Waals surface area contributed by atoms with Crippen LogP contribution in [0.5, 0.6) is 0 Å². The van der Waals surface area contributed by atoms with Crippen molar-refractivity contribution in [3.8, 4) is 0 Å². The molecule has 0 heterocycles. The lowest BCUT2D eigenvalue weighted by molar-refractivity contribution is -0.120. The van der Waals surface area contributed by atoms with Gasteiger partial charge in [-0.05, 0) is 30.5 Å². The van der Waals surface area contributed by atoms with Crippen LogP contribution < -0.4 is 10.6 Å². The Balaban J connectivity index is 2.21. The number of amides is 1. The summed E-state index contributed by atoms with van der Waals surface area (Å²) in [4.78, 5) is 11.4. The maximum absolute atomic E-state index is 11.4. The van der Waals surface area contributed by atoms with E-state index >= 15 is 0 Å². The zero-order chi connectivity index (χ0) is 13.4. The molecular weight excluding hydrogens is 292 g/mol. The summed E-state index contributed by atoms with van der Waals surface area (Å²) in [7, 11) is 0. The summed E-state index contributed by atoms with van der Waals surface area (Å²) in [5.74, 6) is 0.120. The van der Waals surface area contributed by atoms with Crippen LogP contribution in [0.25, 0.3) is 0 Å². The highest BCUT2D eigenvalue weighted by molar-refractivity contribution is 9.10. The van der Waals surface area contributed by atoms with Crippen LogP contribution in [0.1, 0.15) is 30.9 Å². The van der Waals surface area contributed by atoms with Gasteiger partial charge < -0.3 is 10.6 Å². The van der Waals surface area contributed by atoms with Gasteiger partial charge in [0.15, 0.2) is 0 Å². The van der Waals surface area contributed by atoms with Crippen molar-refractivity contribution in [1.29, 1.82) is 0 Å². The molecule has 0 aliphatic heterocycles. The molecule has 0 saturated carbocycles. The lowest BCUT2D eigenvalue weighted by atomic mass is 10.1. The molecule has 0 aliphatic rings. The van der Waals surface area contributed by atoms with Gasteiger partial charge >= 0.3 is 0 Å². The van der Waals surface area contributed by atoms with Crippen LogP contribution in [0, 0.1) is 6.92 Å². The maximum atomic E-state index is 11.4. The van der Waals surface area contributed by atoms with E-state index in [1.807, 2.05) is 6.92 Å². The van der Waals surface area contributed by atoms with Crippen LogP contribution in [0.4, 0.5) is 0 Å². The second-order valence-corrected chi connectivity index (χ2v) is 5.21. The van der Waals surface area contributed by atoms with Gasteiger partial charge in [0.25, 0.3) is 0 Å². The molecule has 0 radical (unpaired) electrons. The Bertz CT molecular complexity index is 393. The van der Waals surface area contributed by atoms with Crippen molar-refractivity contribution in [2.75, 3.05) is 13.1 Å². The SMILES string of the molecule is CCCNC(=O)CCNCc1ccc(C)c(Br)c1. The van der Waals surface area contributed by atoms with Crippen LogP contribution in [-0.2, 0) is 11.3 Å². The average molecular weight is 313 g/mol. The third kappa shape index (κ3) is 5.65. The van der Waals surface area contributed by atoms with E-state index in [0.29, 0.717) is 13.0 Å². The van der Waals surface area contributed by atoms with Gasteiger partial charge in [0.2, 0.25) is 5.91 Å². The molecule has 1 rings (SSSR count). The molecule has 0 unspecified atom stereocenters. The van der Waals surface area contributed by atoms with Gasteiger partial charge in [-0.25, -0.2) is 0 Å². The van der Waals surface area contributed by atoms with Crippen molar-refractivity contribution in [2.45, 2.75) is 33.2 Å². The van der Waals surface area contributed by atoms with Crippen LogP contribution in [0.2, 0.25) is 0 Å². The molecule has 4 heteroatoms. The zero-order valence-corrected chi connectivity index (χ0v) is 12.6. The molecule has 0 atom stereocenters. The first-order chi connectivity index (χ1) is 8.63. The van der Waals surface area contributed by atoms with E-state index < -0.39 is 0 Å². The highest BCUT2D eigenvalue weighted by Crippen LogP contribution is 2.17. The minimum Gasteiger partial charge on any atom is -0.356 e. The zero-order valence-electron chi connectivity index (χ0n) is 11.1. The Morgan fingerprint density at radius 2 is 2.11 bits per heavy atom. The molecule has 100 valence electrons. The van der Waals surface area contributed by atoms with Gasteiger partial charge in [-0.3, -0.25) is 4.79 Å². The highest BCUT2D eigenvalue weighted by atomic mass is 79.9. The summed E-state index contributed by atoms with van der Waals surface area (Å²) in [5, 5.41) is 6.14. The molecule has 3 nitrogen and oxygen atoms in total. The van der Waals surface area contributed by atoms with Gasteiger partial charge in [-0.2, -0.15) is 0 Å². The van der Waals surface area contributed by atoms with E-state index in [0.717, 1.165) is 24.0 Å². The number of nitrogens with one attached hydrogen (secondary N) is 2. The summed E-state index contributed by atoms with van der Waals surface area (Å²) in [6.07, 6.45) is 1.52. The monoisotopic (exact) mass is 312 g/mol. The largest absolute Gasteiger partial charge is 0.356 e. The minimum absolute atomic E-state index is 0.120. The maximum Gasteiger partial charge on any atom is 0.221 e. The summed E-state index contributed by atoms with van der Waals surface area (Å²) in [6, 6.07) is 6.30. The molecule has 0 aromatic heterocycles. The third-order valence-electron chi connectivity index (χ3n) is 2.67. The van der Waals surface area contributed by atoms with Crippen LogP contribution >= 0.6 is 15.9 Å². The van der Waals surface area contributed by atoms with Crippen molar-refractivity contribution < 1.29 is 4.79 Å². The first-order valence-corrected chi connectivity index (χ1v) is 7.15. The molecule has 0 aliphatic carbocycles. The molecule has 0 fully saturated rings. The number of carbonyl (C=O) groups is 1. The van der Waals surface area contributed by atoms with E-state index in [9.17, 15) is 4.79 Å². The summed E-state index contributed by atoms with van der Waals surface area (Å²) in [5.41, 5.74) is 2.46. The third-order valence-corrected chi connectivity index (χ3v) is 3.52. The smallest absolute Gasteiger partial charge is 0.221 e. The fourth-order valence-electron chi connectivity index (χ4n) is 1.53. The Kier molecular flexibility index (Phi) is 6.98. The van der Waals surface area contributed by atoms with Crippen molar-refractivity contribution in [1.82, 2.24) is 10.6 Å². The molecule has 18 heavy (non-hydrogen) atoms. The molecule has 2 N–H and O–H groups in total. The van der Waals surface area contributed by atoms with Crippen molar-refractivity contribution in [3.63, 3.8) is 0 Å². The quantitative estimate of drug-likeness (QED) is 0.760. The van der Waals surface area contributed by atoms with Gasteiger partial charge in [-0.1, -0.05) is 35.0 Å². The Morgan fingerprint density at radius 3 is 2.78 bits per heavy atom. The van der Waals surface area contributed by atoms with E-state index in [2.05, 4.69) is 51.7 Å². The lowest BCUT2D eigenvalue weighted by Crippen LogP contribution is -2.28. The number of aryl methyl sites for hydroxylation is 1. The van der Waals surface area contributed by atoms with E-state index in [4.69, 9.17) is 0 Å². The minimum atomic E-state index is 0.120. The fraction of sp³-hybridized carbons (Fsp3) is 0.500. The van der Waals surface area contributed by atoms with E-state index in [1.165, 1.54) is 11.1 Å². The Morgan fingerprint density at radius 1 is 1.33 bits per heavy atom. The second-order valence-electron chi connectivity index (χ2n) is 4.36. The van der Waals surface area contributed by atoms with Crippen LogP contribution in [0.15, 0.2) is 22.7 Å². The number of hydrogen-bond acceptors (Lipinski definition) is 2. The average Bonchev–Trinajstić information content (AvgIpc) is 2.36. The topological polar surface area (TPSA) is 41.1 Å². The molecule has 1 aromatic rings. The molecule has 0 spiro atoms. The van der Waals surface area contributed by atoms with Crippen LogP contribution in [-0.4, -0.2) is 19.0 Å². The van der Waals surface area contributed by atoms with Gasteiger partial charge in [0.05, 0.1) is 0 Å². The molecule has 1 amide bonds. The van der Waals surface area contributed by atoms with Crippen molar-refractivity contribution in [2.24, 2.45) is 0 Å². The lowest BCUT2D eigenvalue weighted by Gasteiger charge is -2.07. The van der Waals surface area contributed by atoms with Gasteiger partial charge in [0.1, 0.15) is 0 Å². The van der Waals surface area contributed by atoms with Gasteiger partial charge in [-0.15, -0.1) is 0 Å². The number of carbonyl (C=O) groups excluding carboxylic acids is 1. The molecule has 1 aromatic carbocycles. The normalized spacial score (nSPS) is 10.4. The number of halogens is 1. The summed E-state index contributed by atoms with van der Waals surface area (Å²) in [6.45, 7) is 6.39. The molecule has 0 saturated heterocycles. The Labute approximate surface area is 117 Å². The fourth-order valence-corrected chi connectivity index (χ4v) is 1.96. The molecule has 0 bridgehead atoms. The van der Waals surface area contributed by atoms with Crippen molar-refractivity contribution >= 4 is 21.8 Å². The summed E-state index contributed by atoms with van der Waals surface area (Å²) >= 11 is 3.51. The van der Waals surface area contributed by atoms with Crippen LogP contribution in [0.3, 0.4) is 0 Å². The van der Waals surface area contributed by atoms with Gasteiger partial charge in [0, 0.05) is 30.5 Å². The first-order valence-electron chi connectivity index (χ1n) is 6.36. The van der Waals surface area contributed by atoms with Crippen molar-refractivity contribution in [3.05, 3.63) is 33.8 Å². The number of hydrogen-bond donors (Lipinski definition) is 2. The number of benzene rings is 1. The molecular formula is C14H21BrN2O. The highest BCUT2D eigenvalue weighted by Gasteiger charge is 2.00. The second kappa shape index (κ2) is 8.27. The summed E-state index contributed by atoms with van der Waals surface area (Å²) < 4.78 is 1.13. The number of rotatable bonds is 7. The first kappa shape index (κ1) is 15.2. The van der Waals surface area contributed by atoms with E-state index in [-0.39, 0.29) is 5.91 Å². The van der Waals surface area contributed by atoms with E-state index in [1.54, 1.807) is 0 Å². The Hall–Kier alpha value is -0.870.